The Morgan fingerprint density at radius 3 is 2.65 bits per heavy atom. The van der Waals surface area contributed by atoms with Gasteiger partial charge in [0, 0.05) is 33.2 Å². The summed E-state index contributed by atoms with van der Waals surface area (Å²) in [4.78, 5) is 28.7. The second-order valence-corrected chi connectivity index (χ2v) is 8.71. The fourth-order valence-corrected chi connectivity index (χ4v) is 4.23. The van der Waals surface area contributed by atoms with Gasteiger partial charge in [-0.2, -0.15) is 0 Å². The summed E-state index contributed by atoms with van der Waals surface area (Å²) >= 11 is 7.22. The van der Waals surface area contributed by atoms with Gasteiger partial charge in [-0.3, -0.25) is 9.59 Å². The van der Waals surface area contributed by atoms with Crippen LogP contribution in [0.3, 0.4) is 0 Å². The van der Waals surface area contributed by atoms with Crippen molar-refractivity contribution >= 4 is 51.6 Å². The first-order valence-electron chi connectivity index (χ1n) is 10.3. The molecule has 0 radical (unpaired) electrons. The highest BCUT2D eigenvalue weighted by molar-refractivity contribution is 7.99. The Morgan fingerprint density at radius 1 is 1.00 bits per heavy atom. The molecule has 5 rings (SSSR count). The molecule has 5 aromatic rings. The van der Waals surface area contributed by atoms with Crippen molar-refractivity contribution in [2.45, 2.75) is 5.22 Å². The topological polar surface area (TPSA) is 101 Å². The zero-order valence-electron chi connectivity index (χ0n) is 17.6. The Balaban J connectivity index is 1.27. The number of benzene rings is 3. The van der Waals surface area contributed by atoms with Gasteiger partial charge in [-0.25, -0.2) is 0 Å². The number of carbonyl (C=O) groups excluding carboxylic acids is 2. The van der Waals surface area contributed by atoms with E-state index in [0.29, 0.717) is 27.7 Å². The number of carbonyl (C=O) groups is 2. The molecular weight excluding hydrogens is 472 g/mol. The Kier molecular flexibility index (Phi) is 6.16. The zero-order chi connectivity index (χ0) is 23.5. The zero-order valence-corrected chi connectivity index (χ0v) is 19.2. The lowest BCUT2D eigenvalue weighted by atomic mass is 10.0. The van der Waals surface area contributed by atoms with Crippen LogP contribution in [0.15, 0.2) is 88.6 Å². The molecule has 0 aliphatic carbocycles. The van der Waals surface area contributed by atoms with E-state index in [1.54, 1.807) is 42.5 Å². The van der Waals surface area contributed by atoms with E-state index in [1.165, 1.54) is 0 Å². The number of H-pyrrole nitrogens is 1. The quantitative estimate of drug-likeness (QED) is 0.221. The van der Waals surface area contributed by atoms with E-state index < -0.39 is 0 Å². The fraction of sp³-hybridized carbons (Fsp3) is 0.0400. The first-order valence-corrected chi connectivity index (χ1v) is 11.7. The molecule has 7 nitrogen and oxygen atoms in total. The van der Waals surface area contributed by atoms with Crippen molar-refractivity contribution in [2.24, 2.45) is 0 Å². The van der Waals surface area contributed by atoms with Gasteiger partial charge < -0.3 is 14.7 Å². The van der Waals surface area contributed by atoms with Gasteiger partial charge in [0.25, 0.3) is 11.1 Å². The molecule has 2 aromatic heterocycles. The summed E-state index contributed by atoms with van der Waals surface area (Å²) in [5.74, 6) is -0.154. The van der Waals surface area contributed by atoms with Gasteiger partial charge in [-0.15, -0.1) is 10.2 Å². The molecule has 34 heavy (non-hydrogen) atoms. The molecule has 0 unspecified atom stereocenters. The minimum absolute atomic E-state index is 0.0249. The van der Waals surface area contributed by atoms with Gasteiger partial charge in [0.15, 0.2) is 5.78 Å². The maximum atomic E-state index is 12.9. The second-order valence-electron chi connectivity index (χ2n) is 7.34. The molecule has 1 amide bonds. The SMILES string of the molecule is O=C(CSc1nnc(-c2c[nH]c3ccccc23)o1)Nc1ccc(Cl)cc1C(=O)c1ccccc1. The van der Waals surface area contributed by atoms with E-state index in [9.17, 15) is 9.59 Å². The monoisotopic (exact) mass is 488 g/mol. The number of thioether (sulfide) groups is 1. The number of hydrogen-bond acceptors (Lipinski definition) is 6. The van der Waals surface area contributed by atoms with Gasteiger partial charge in [0.1, 0.15) is 0 Å². The molecule has 3 aromatic carbocycles. The number of fused-ring (bicyclic) bond motifs is 1. The van der Waals surface area contributed by atoms with Crippen LogP contribution >= 0.6 is 23.4 Å². The summed E-state index contributed by atoms with van der Waals surface area (Å²) in [7, 11) is 0. The van der Waals surface area contributed by atoms with Crippen molar-refractivity contribution in [2.75, 3.05) is 11.1 Å². The highest BCUT2D eigenvalue weighted by Gasteiger charge is 2.18. The summed E-state index contributed by atoms with van der Waals surface area (Å²) < 4.78 is 5.74. The van der Waals surface area contributed by atoms with Crippen molar-refractivity contribution < 1.29 is 14.0 Å². The number of aromatic nitrogens is 3. The predicted octanol–water partition coefficient (Wildman–Crippen LogP) is 5.83. The first-order chi connectivity index (χ1) is 16.6. The van der Waals surface area contributed by atoms with Crippen LogP contribution in [0, 0.1) is 0 Å². The molecule has 0 fully saturated rings. The normalized spacial score (nSPS) is 11.0. The number of aromatic amines is 1. The Hall–Kier alpha value is -3.88. The summed E-state index contributed by atoms with van der Waals surface area (Å²) in [6, 6.07) is 21.4. The smallest absolute Gasteiger partial charge is 0.277 e. The average molecular weight is 489 g/mol. The third kappa shape index (κ3) is 4.59. The van der Waals surface area contributed by atoms with Crippen molar-refractivity contribution in [3.8, 4) is 11.5 Å². The molecule has 0 atom stereocenters. The summed E-state index contributed by atoms with van der Waals surface area (Å²) in [6.45, 7) is 0. The lowest BCUT2D eigenvalue weighted by molar-refractivity contribution is -0.113. The number of anilines is 1. The molecule has 0 aliphatic heterocycles. The number of nitrogens with one attached hydrogen (secondary N) is 2. The molecule has 0 aliphatic rings. The van der Waals surface area contributed by atoms with Crippen molar-refractivity contribution in [1.29, 1.82) is 0 Å². The van der Waals surface area contributed by atoms with E-state index >= 15 is 0 Å². The third-order valence-corrected chi connectivity index (χ3v) is 6.14. The van der Waals surface area contributed by atoms with Gasteiger partial charge in [0.2, 0.25) is 5.91 Å². The first kappa shape index (κ1) is 21.9. The highest BCUT2D eigenvalue weighted by Crippen LogP contribution is 2.30. The van der Waals surface area contributed by atoms with Crippen LogP contribution in [0.1, 0.15) is 15.9 Å². The Morgan fingerprint density at radius 2 is 1.79 bits per heavy atom. The highest BCUT2D eigenvalue weighted by atomic mass is 35.5. The van der Waals surface area contributed by atoms with Crippen LogP contribution < -0.4 is 5.32 Å². The average Bonchev–Trinajstić information content (AvgIpc) is 3.51. The number of rotatable bonds is 7. The number of amides is 1. The minimum atomic E-state index is -0.318. The second kappa shape index (κ2) is 9.54. The van der Waals surface area contributed by atoms with Gasteiger partial charge in [0.05, 0.1) is 17.0 Å². The maximum absolute atomic E-state index is 12.9. The van der Waals surface area contributed by atoms with Crippen LogP contribution in [-0.2, 0) is 4.79 Å². The van der Waals surface area contributed by atoms with Crippen LogP contribution in [0.4, 0.5) is 5.69 Å². The minimum Gasteiger partial charge on any atom is -0.411 e. The molecule has 2 N–H and O–H groups in total. The van der Waals surface area contributed by atoms with E-state index in [1.807, 2.05) is 36.5 Å². The number of nitrogens with zero attached hydrogens (tertiary/aromatic N) is 2. The van der Waals surface area contributed by atoms with E-state index in [0.717, 1.165) is 28.2 Å². The van der Waals surface area contributed by atoms with E-state index in [2.05, 4.69) is 20.5 Å². The molecule has 0 saturated heterocycles. The molecule has 2 heterocycles. The van der Waals surface area contributed by atoms with Crippen molar-refractivity contribution in [1.82, 2.24) is 15.2 Å². The lowest BCUT2D eigenvalue weighted by Gasteiger charge is -2.11. The molecule has 168 valence electrons. The number of hydrogen-bond donors (Lipinski definition) is 2. The summed E-state index contributed by atoms with van der Waals surface area (Å²) in [5, 5.41) is 12.6. The van der Waals surface area contributed by atoms with Gasteiger partial charge >= 0.3 is 0 Å². The molecular formula is C25H17ClN4O3S. The third-order valence-electron chi connectivity index (χ3n) is 5.09. The Bertz CT molecular complexity index is 1500. The number of ketones is 1. The van der Waals surface area contributed by atoms with E-state index in [-0.39, 0.29) is 22.7 Å². The lowest BCUT2D eigenvalue weighted by Crippen LogP contribution is -2.17. The maximum Gasteiger partial charge on any atom is 0.277 e. The standard InChI is InChI=1S/C25H17ClN4O3S/c26-16-10-11-21(18(12-16)23(32)15-6-2-1-3-7-15)28-22(31)14-34-25-30-29-24(33-25)19-13-27-20-9-5-4-8-17(19)20/h1-13,27H,14H2,(H,28,31). The molecule has 9 heteroatoms. The molecule has 0 spiro atoms. The van der Waals surface area contributed by atoms with Gasteiger partial charge in [-0.05, 0) is 24.3 Å². The van der Waals surface area contributed by atoms with Crippen LogP contribution in [0.2, 0.25) is 5.02 Å². The van der Waals surface area contributed by atoms with Crippen LogP contribution in [0.5, 0.6) is 0 Å². The largest absolute Gasteiger partial charge is 0.411 e. The Labute approximate surface area is 203 Å². The number of halogens is 1. The fourth-order valence-electron chi connectivity index (χ4n) is 3.50. The van der Waals surface area contributed by atoms with E-state index in [4.69, 9.17) is 16.0 Å². The van der Waals surface area contributed by atoms with Gasteiger partial charge in [-0.1, -0.05) is 71.9 Å². The number of para-hydroxylation sites is 1. The molecule has 0 bridgehead atoms. The summed E-state index contributed by atoms with van der Waals surface area (Å²) in [5.41, 5.74) is 2.97. The van der Waals surface area contributed by atoms with Crippen LogP contribution in [0.25, 0.3) is 22.4 Å². The van der Waals surface area contributed by atoms with Crippen molar-refractivity contribution in [3.63, 3.8) is 0 Å². The summed E-state index contributed by atoms with van der Waals surface area (Å²) in [6.07, 6.45) is 1.81. The van der Waals surface area contributed by atoms with Crippen LogP contribution in [-0.4, -0.2) is 32.6 Å². The van der Waals surface area contributed by atoms with Crippen molar-refractivity contribution in [3.05, 3.63) is 95.1 Å². The molecule has 0 saturated carbocycles. The predicted molar refractivity (Wildman–Crippen MR) is 132 cm³/mol.